The molecule has 0 aliphatic heterocycles. The molecule has 0 saturated heterocycles. The van der Waals surface area contributed by atoms with Crippen LogP contribution in [0.5, 0.6) is 0 Å². The molecule has 0 atom stereocenters. The number of aliphatic carboxylic acids is 1. The summed E-state index contributed by atoms with van der Waals surface area (Å²) >= 11 is 0. The van der Waals surface area contributed by atoms with Crippen LogP contribution in [-0.2, 0) is 4.79 Å². The number of aliphatic hydroxyl groups is 2. The predicted molar refractivity (Wildman–Crippen MR) is 49.5 cm³/mol. The van der Waals surface area contributed by atoms with Gasteiger partial charge in [0.2, 0.25) is 0 Å². The highest BCUT2D eigenvalue weighted by molar-refractivity contribution is 5.74. The normalized spacial score (nSPS) is 10.7. The Hall–Kier alpha value is -0.650. The van der Waals surface area contributed by atoms with Gasteiger partial charge in [0.25, 0.3) is 0 Å². The maximum atomic E-state index is 10.2. The number of rotatable bonds is 3. The summed E-state index contributed by atoms with van der Waals surface area (Å²) < 4.78 is 0. The lowest BCUT2D eigenvalue weighted by Crippen LogP contribution is -2.35. The fourth-order valence-corrected chi connectivity index (χ4v) is 0.185. The van der Waals surface area contributed by atoms with Crippen molar-refractivity contribution in [2.75, 3.05) is 34.4 Å². The summed E-state index contributed by atoms with van der Waals surface area (Å²) in [6.07, 6.45) is 0. The number of hydrogen-bond donors (Lipinski definition) is 3. The third-order valence-electron chi connectivity index (χ3n) is 1.21. The van der Waals surface area contributed by atoms with Crippen LogP contribution in [-0.4, -0.2) is 60.5 Å². The monoisotopic (exact) mass is 193 g/mol. The van der Waals surface area contributed by atoms with Crippen molar-refractivity contribution in [1.29, 1.82) is 0 Å². The lowest BCUT2D eigenvalue weighted by atomic mass is 9.94. The van der Waals surface area contributed by atoms with Crippen LogP contribution in [0.3, 0.4) is 0 Å². The molecule has 0 rings (SSSR count). The molecule has 0 heterocycles. The topological polar surface area (TPSA) is 81.0 Å². The number of aliphatic hydroxyl groups excluding tert-OH is 2. The molecule has 0 saturated carbocycles. The van der Waals surface area contributed by atoms with Crippen LogP contribution in [0.1, 0.15) is 6.92 Å². The summed E-state index contributed by atoms with van der Waals surface area (Å²) in [5.41, 5.74) is -1.39. The van der Waals surface area contributed by atoms with Crippen molar-refractivity contribution in [1.82, 2.24) is 4.90 Å². The van der Waals surface area contributed by atoms with E-state index in [1.165, 1.54) is 6.92 Å². The second-order valence-corrected chi connectivity index (χ2v) is 3.52. The molecule has 0 aromatic carbocycles. The molecule has 0 amide bonds. The highest BCUT2D eigenvalue weighted by atomic mass is 16.4. The molecule has 80 valence electrons. The molecule has 0 aliphatic carbocycles. The van der Waals surface area contributed by atoms with E-state index in [0.29, 0.717) is 0 Å². The Morgan fingerprint density at radius 1 is 1.23 bits per heavy atom. The van der Waals surface area contributed by atoms with Crippen molar-refractivity contribution < 1.29 is 20.1 Å². The van der Waals surface area contributed by atoms with Gasteiger partial charge in [0.05, 0.1) is 13.2 Å². The van der Waals surface area contributed by atoms with Gasteiger partial charge in [-0.1, -0.05) is 0 Å². The van der Waals surface area contributed by atoms with Crippen LogP contribution in [0.2, 0.25) is 0 Å². The zero-order valence-electron chi connectivity index (χ0n) is 8.61. The molecular weight excluding hydrogens is 174 g/mol. The molecule has 0 fully saturated rings. The molecule has 0 bridgehead atoms. The third kappa shape index (κ3) is 7.70. The van der Waals surface area contributed by atoms with Crippen molar-refractivity contribution in [3.63, 3.8) is 0 Å². The number of carboxylic acids is 1. The molecule has 0 aliphatic rings. The van der Waals surface area contributed by atoms with Crippen molar-refractivity contribution in [3.8, 4) is 0 Å². The van der Waals surface area contributed by atoms with Crippen LogP contribution in [0.15, 0.2) is 0 Å². The summed E-state index contributed by atoms with van der Waals surface area (Å²) in [5.74, 6) is -1.19. The van der Waals surface area contributed by atoms with Gasteiger partial charge in [0.1, 0.15) is 5.41 Å². The van der Waals surface area contributed by atoms with Gasteiger partial charge in [0.15, 0.2) is 0 Å². The zero-order valence-corrected chi connectivity index (χ0v) is 8.61. The molecule has 0 aromatic rings. The quantitative estimate of drug-likeness (QED) is 0.549. The zero-order chi connectivity index (χ0) is 11.1. The van der Waals surface area contributed by atoms with Crippen LogP contribution >= 0.6 is 0 Å². The minimum absolute atomic E-state index is 0.543. The number of carbonyl (C=O) groups is 1. The second-order valence-electron chi connectivity index (χ2n) is 3.52. The van der Waals surface area contributed by atoms with Crippen LogP contribution in [0.25, 0.3) is 0 Å². The van der Waals surface area contributed by atoms with E-state index < -0.39 is 24.6 Å². The Labute approximate surface area is 78.6 Å². The lowest BCUT2D eigenvalue weighted by molar-refractivity contribution is -0.152. The van der Waals surface area contributed by atoms with Gasteiger partial charge >= 0.3 is 5.97 Å². The molecule has 5 heteroatoms. The first kappa shape index (κ1) is 14.9. The van der Waals surface area contributed by atoms with E-state index in [1.54, 1.807) is 0 Å². The Balaban J connectivity index is 0. The number of carboxylic acid groups (broad SMARTS) is 1. The van der Waals surface area contributed by atoms with E-state index in [9.17, 15) is 4.79 Å². The largest absolute Gasteiger partial charge is 0.481 e. The number of hydrogen-bond acceptors (Lipinski definition) is 4. The first-order chi connectivity index (χ1) is 5.80. The lowest BCUT2D eigenvalue weighted by Gasteiger charge is -2.17. The summed E-state index contributed by atoms with van der Waals surface area (Å²) in [6, 6.07) is 0. The predicted octanol–water partition coefficient (Wildman–Crippen LogP) is -0.760. The highest BCUT2D eigenvalue weighted by Gasteiger charge is 2.31. The van der Waals surface area contributed by atoms with Gasteiger partial charge < -0.3 is 20.2 Å². The van der Waals surface area contributed by atoms with Crippen LogP contribution in [0, 0.1) is 5.41 Å². The van der Waals surface area contributed by atoms with Crippen molar-refractivity contribution in [2.24, 2.45) is 5.41 Å². The highest BCUT2D eigenvalue weighted by Crippen LogP contribution is 2.12. The van der Waals surface area contributed by atoms with Gasteiger partial charge in [0, 0.05) is 0 Å². The standard InChI is InChI=1S/C5H10O4.C3H9N/c1-5(2-6,3-7)4(8)9;1-4(2)3/h6-7H,2-3H2,1H3,(H,8,9);1-3H3. The molecule has 5 nitrogen and oxygen atoms in total. The summed E-state index contributed by atoms with van der Waals surface area (Å²) in [4.78, 5) is 12.2. The van der Waals surface area contributed by atoms with E-state index in [4.69, 9.17) is 15.3 Å². The molecule has 0 radical (unpaired) electrons. The van der Waals surface area contributed by atoms with Crippen molar-refractivity contribution in [2.45, 2.75) is 6.92 Å². The first-order valence-corrected chi connectivity index (χ1v) is 3.86. The SMILES string of the molecule is CC(CO)(CO)C(=O)O.CN(C)C. The molecule has 0 unspecified atom stereocenters. The van der Waals surface area contributed by atoms with Gasteiger partial charge in [-0.15, -0.1) is 0 Å². The molecule has 0 aromatic heterocycles. The van der Waals surface area contributed by atoms with Gasteiger partial charge in [-0.05, 0) is 28.1 Å². The maximum absolute atomic E-state index is 10.2. The minimum atomic E-state index is -1.39. The van der Waals surface area contributed by atoms with Crippen LogP contribution in [0.4, 0.5) is 0 Å². The Bertz CT molecular complexity index is 140. The molecule has 13 heavy (non-hydrogen) atoms. The Kier molecular flexibility index (Phi) is 7.79. The van der Waals surface area contributed by atoms with E-state index in [0.717, 1.165) is 0 Å². The Morgan fingerprint density at radius 2 is 1.46 bits per heavy atom. The smallest absolute Gasteiger partial charge is 0.314 e. The summed E-state index contributed by atoms with van der Waals surface area (Å²) in [6.45, 7) is 0.187. The van der Waals surface area contributed by atoms with Gasteiger partial charge in [-0.2, -0.15) is 0 Å². The average Bonchev–Trinajstić information content (AvgIpc) is 2.01. The first-order valence-electron chi connectivity index (χ1n) is 3.86. The maximum Gasteiger partial charge on any atom is 0.314 e. The van der Waals surface area contributed by atoms with Crippen LogP contribution < -0.4 is 0 Å². The second kappa shape index (κ2) is 6.82. The van der Waals surface area contributed by atoms with Gasteiger partial charge in [-0.25, -0.2) is 0 Å². The van der Waals surface area contributed by atoms with Crippen molar-refractivity contribution >= 4 is 5.97 Å². The van der Waals surface area contributed by atoms with E-state index in [1.807, 2.05) is 26.0 Å². The van der Waals surface area contributed by atoms with E-state index in [-0.39, 0.29) is 0 Å². The average molecular weight is 193 g/mol. The minimum Gasteiger partial charge on any atom is -0.481 e. The van der Waals surface area contributed by atoms with Gasteiger partial charge in [-0.3, -0.25) is 4.79 Å². The molecular formula is C8H19NO4. The van der Waals surface area contributed by atoms with E-state index in [2.05, 4.69) is 0 Å². The van der Waals surface area contributed by atoms with E-state index >= 15 is 0 Å². The van der Waals surface area contributed by atoms with Crippen molar-refractivity contribution in [3.05, 3.63) is 0 Å². The summed E-state index contributed by atoms with van der Waals surface area (Å²) in [7, 11) is 6.00. The molecule has 0 spiro atoms. The summed E-state index contributed by atoms with van der Waals surface area (Å²) in [5, 5.41) is 25.1. The third-order valence-corrected chi connectivity index (χ3v) is 1.21. The number of nitrogens with zero attached hydrogens (tertiary/aromatic N) is 1. The fourth-order valence-electron chi connectivity index (χ4n) is 0.185. The fraction of sp³-hybridized carbons (Fsp3) is 0.875. The Morgan fingerprint density at radius 3 is 1.46 bits per heavy atom. The molecule has 3 N–H and O–H groups in total.